The molecule has 3 atom stereocenters. The molecule has 1 aromatic rings. The molecule has 0 bridgehead atoms. The zero-order valence-corrected chi connectivity index (χ0v) is 13.4. The third-order valence-corrected chi connectivity index (χ3v) is 5.43. The predicted octanol–water partition coefficient (Wildman–Crippen LogP) is 2.91. The molecule has 22 heavy (non-hydrogen) atoms. The molecule has 2 fully saturated rings. The Morgan fingerprint density at radius 2 is 2.09 bits per heavy atom. The van der Waals surface area contributed by atoms with Crippen LogP contribution in [0, 0.1) is 5.92 Å². The molecule has 3 rings (SSSR count). The summed E-state index contributed by atoms with van der Waals surface area (Å²) in [5.74, 6) is 0.965. The first-order valence-corrected chi connectivity index (χ1v) is 8.19. The van der Waals surface area contributed by atoms with Gasteiger partial charge in [0.25, 0.3) is 0 Å². The maximum absolute atomic E-state index is 12.2. The smallest absolute Gasteiger partial charge is 0.219 e. The van der Waals surface area contributed by atoms with Crippen molar-refractivity contribution < 1.29 is 14.6 Å². The Kier molecular flexibility index (Phi) is 4.13. The van der Waals surface area contributed by atoms with Crippen molar-refractivity contribution in [1.29, 1.82) is 0 Å². The average molecular weight is 303 g/mol. The van der Waals surface area contributed by atoms with Crippen LogP contribution >= 0.6 is 0 Å². The van der Waals surface area contributed by atoms with Crippen LogP contribution in [0.1, 0.15) is 50.6 Å². The number of methoxy groups -OCH3 is 1. The molecule has 1 amide bonds. The van der Waals surface area contributed by atoms with Crippen LogP contribution in [0.15, 0.2) is 24.3 Å². The quantitative estimate of drug-likeness (QED) is 0.914. The number of nitrogens with zero attached hydrogens (tertiary/aromatic N) is 1. The number of ether oxygens (including phenoxy) is 1. The topological polar surface area (TPSA) is 49.8 Å². The van der Waals surface area contributed by atoms with E-state index in [4.69, 9.17) is 4.74 Å². The van der Waals surface area contributed by atoms with Gasteiger partial charge >= 0.3 is 0 Å². The van der Waals surface area contributed by atoms with E-state index in [1.165, 1.54) is 0 Å². The molecular formula is C18H25NO3. The van der Waals surface area contributed by atoms with E-state index in [1.54, 1.807) is 14.0 Å². The summed E-state index contributed by atoms with van der Waals surface area (Å²) in [5, 5.41) is 11.1. The minimum Gasteiger partial charge on any atom is -0.496 e. The van der Waals surface area contributed by atoms with Gasteiger partial charge in [-0.05, 0) is 25.3 Å². The molecule has 1 aliphatic carbocycles. The maximum atomic E-state index is 12.2. The average Bonchev–Trinajstić information content (AvgIpc) is 2.53. The second kappa shape index (κ2) is 5.92. The van der Waals surface area contributed by atoms with Crippen molar-refractivity contribution in [3.8, 4) is 5.75 Å². The molecule has 1 aromatic carbocycles. The van der Waals surface area contributed by atoms with Crippen LogP contribution < -0.4 is 4.74 Å². The molecule has 120 valence electrons. The summed E-state index contributed by atoms with van der Waals surface area (Å²) in [5.41, 5.74) is 0.376. The fraction of sp³-hybridized carbons (Fsp3) is 0.611. The standard InChI is InChI=1S/C18H25NO3/c1-13(20)19-12-11-18(21)10-6-5-8-15(18)17(19)14-7-3-4-9-16(14)22-2/h3-4,7,9,15,17,21H,5-6,8,10-12H2,1-2H3/t15-,17-,18-/m1/s1. The number of hydrogen-bond donors (Lipinski definition) is 1. The van der Waals surface area contributed by atoms with Crippen LogP contribution in [0.5, 0.6) is 5.75 Å². The molecule has 0 unspecified atom stereocenters. The zero-order chi connectivity index (χ0) is 15.7. The Morgan fingerprint density at radius 3 is 2.82 bits per heavy atom. The summed E-state index contributed by atoms with van der Waals surface area (Å²) in [6.45, 7) is 2.24. The number of aliphatic hydroxyl groups is 1. The van der Waals surface area contributed by atoms with Crippen molar-refractivity contribution in [3.05, 3.63) is 29.8 Å². The molecule has 1 saturated heterocycles. The Morgan fingerprint density at radius 1 is 1.32 bits per heavy atom. The van der Waals surface area contributed by atoms with Gasteiger partial charge in [0.05, 0.1) is 18.8 Å². The SMILES string of the molecule is COc1ccccc1[C@@H]1[C@H]2CCCC[C@@]2(O)CCN1C(C)=O. The van der Waals surface area contributed by atoms with E-state index in [0.29, 0.717) is 13.0 Å². The molecule has 1 aliphatic heterocycles. The molecule has 1 saturated carbocycles. The van der Waals surface area contributed by atoms with E-state index < -0.39 is 5.60 Å². The lowest BCUT2D eigenvalue weighted by molar-refractivity contribution is -0.153. The monoisotopic (exact) mass is 303 g/mol. The number of hydrogen-bond acceptors (Lipinski definition) is 3. The van der Waals surface area contributed by atoms with Gasteiger partial charge in [-0.3, -0.25) is 4.79 Å². The number of amides is 1. The molecule has 0 aromatic heterocycles. The Bertz CT molecular complexity index is 559. The summed E-state index contributed by atoms with van der Waals surface area (Å²) in [4.78, 5) is 14.1. The van der Waals surface area contributed by atoms with Gasteiger partial charge in [-0.15, -0.1) is 0 Å². The van der Waals surface area contributed by atoms with Gasteiger partial charge in [-0.2, -0.15) is 0 Å². The van der Waals surface area contributed by atoms with Crippen molar-refractivity contribution in [2.45, 2.75) is 50.7 Å². The van der Waals surface area contributed by atoms with Crippen LogP contribution in [-0.2, 0) is 4.79 Å². The number of rotatable bonds is 2. The van der Waals surface area contributed by atoms with Gasteiger partial charge in [0, 0.05) is 24.9 Å². The van der Waals surface area contributed by atoms with Gasteiger partial charge in [0.2, 0.25) is 5.91 Å². The van der Waals surface area contributed by atoms with Crippen LogP contribution in [0.25, 0.3) is 0 Å². The van der Waals surface area contributed by atoms with Crippen molar-refractivity contribution >= 4 is 5.91 Å². The van der Waals surface area contributed by atoms with E-state index >= 15 is 0 Å². The van der Waals surface area contributed by atoms with Gasteiger partial charge < -0.3 is 14.7 Å². The molecule has 4 heteroatoms. The Labute approximate surface area is 132 Å². The van der Waals surface area contributed by atoms with Crippen molar-refractivity contribution in [2.24, 2.45) is 5.92 Å². The first-order valence-electron chi connectivity index (χ1n) is 8.19. The lowest BCUT2D eigenvalue weighted by Gasteiger charge is -2.52. The fourth-order valence-corrected chi connectivity index (χ4v) is 4.33. The Balaban J connectivity index is 2.06. The first kappa shape index (κ1) is 15.3. The summed E-state index contributed by atoms with van der Waals surface area (Å²) < 4.78 is 5.52. The lowest BCUT2D eigenvalue weighted by atomic mass is 9.66. The number of benzene rings is 1. The number of piperidine rings is 1. The van der Waals surface area contributed by atoms with Gasteiger partial charge in [-0.1, -0.05) is 31.0 Å². The van der Waals surface area contributed by atoms with E-state index in [-0.39, 0.29) is 17.9 Å². The highest BCUT2D eigenvalue weighted by Crippen LogP contribution is 2.50. The lowest BCUT2D eigenvalue weighted by Crippen LogP contribution is -2.55. The summed E-state index contributed by atoms with van der Waals surface area (Å²) in [6.07, 6.45) is 4.68. The molecule has 1 N–H and O–H groups in total. The largest absolute Gasteiger partial charge is 0.496 e. The molecular weight excluding hydrogens is 278 g/mol. The highest BCUT2D eigenvalue weighted by molar-refractivity contribution is 5.74. The summed E-state index contributed by atoms with van der Waals surface area (Å²) in [6, 6.07) is 7.79. The van der Waals surface area contributed by atoms with Crippen LogP contribution in [0.2, 0.25) is 0 Å². The number of likely N-dealkylation sites (tertiary alicyclic amines) is 1. The van der Waals surface area contributed by atoms with Crippen molar-refractivity contribution in [3.63, 3.8) is 0 Å². The molecule has 4 nitrogen and oxygen atoms in total. The van der Waals surface area contributed by atoms with E-state index in [2.05, 4.69) is 0 Å². The molecule has 0 radical (unpaired) electrons. The van der Waals surface area contributed by atoms with Crippen LogP contribution in [0.3, 0.4) is 0 Å². The first-order chi connectivity index (χ1) is 10.6. The summed E-state index contributed by atoms with van der Waals surface area (Å²) >= 11 is 0. The predicted molar refractivity (Wildman–Crippen MR) is 84.6 cm³/mol. The normalized spacial score (nSPS) is 31.5. The minimum atomic E-state index is -0.643. The van der Waals surface area contributed by atoms with Gasteiger partial charge in [-0.25, -0.2) is 0 Å². The number of carbonyl (C=O) groups excluding carboxylic acids is 1. The second-order valence-corrected chi connectivity index (χ2v) is 6.61. The summed E-state index contributed by atoms with van der Waals surface area (Å²) in [7, 11) is 1.66. The van der Waals surface area contributed by atoms with E-state index in [0.717, 1.165) is 37.0 Å². The number of para-hydroxylation sites is 1. The van der Waals surface area contributed by atoms with Crippen LogP contribution in [-0.4, -0.2) is 35.2 Å². The van der Waals surface area contributed by atoms with Crippen LogP contribution in [0.4, 0.5) is 0 Å². The van der Waals surface area contributed by atoms with Gasteiger partial charge in [0.15, 0.2) is 0 Å². The Hall–Kier alpha value is -1.55. The van der Waals surface area contributed by atoms with Gasteiger partial charge in [0.1, 0.15) is 5.75 Å². The third-order valence-electron chi connectivity index (χ3n) is 5.43. The van der Waals surface area contributed by atoms with E-state index in [9.17, 15) is 9.90 Å². The van der Waals surface area contributed by atoms with E-state index in [1.807, 2.05) is 29.2 Å². The van der Waals surface area contributed by atoms with Crippen molar-refractivity contribution in [1.82, 2.24) is 4.90 Å². The maximum Gasteiger partial charge on any atom is 0.219 e. The second-order valence-electron chi connectivity index (χ2n) is 6.61. The third kappa shape index (κ3) is 2.50. The number of fused-ring (bicyclic) bond motifs is 1. The minimum absolute atomic E-state index is 0.0727. The molecule has 0 spiro atoms. The number of carbonyl (C=O) groups is 1. The fourth-order valence-electron chi connectivity index (χ4n) is 4.33. The highest BCUT2D eigenvalue weighted by atomic mass is 16.5. The zero-order valence-electron chi connectivity index (χ0n) is 13.4. The van der Waals surface area contributed by atoms with Crippen molar-refractivity contribution in [2.75, 3.05) is 13.7 Å². The highest BCUT2D eigenvalue weighted by Gasteiger charge is 2.50. The molecule has 1 heterocycles. The molecule has 2 aliphatic rings.